The Balaban J connectivity index is 2.26. The molecular weight excluding hydrogens is 234 g/mol. The van der Waals surface area contributed by atoms with Crippen LogP contribution < -0.4 is 0 Å². The molecule has 1 fully saturated rings. The smallest absolute Gasteiger partial charge is 0.113 e. The molecule has 1 aliphatic heterocycles. The molecular formula is C10H12ClNO4. The fourth-order valence-corrected chi connectivity index (χ4v) is 2.00. The number of rotatable bonds is 2. The zero-order valence-electron chi connectivity index (χ0n) is 8.32. The van der Waals surface area contributed by atoms with Crippen LogP contribution in [0.5, 0.6) is 0 Å². The van der Waals surface area contributed by atoms with Crippen molar-refractivity contribution in [2.75, 3.05) is 6.61 Å². The van der Waals surface area contributed by atoms with Crippen molar-refractivity contribution in [1.82, 2.24) is 4.98 Å². The summed E-state index contributed by atoms with van der Waals surface area (Å²) in [5.74, 6) is 0. The number of ether oxygens (including phenoxy) is 1. The van der Waals surface area contributed by atoms with Gasteiger partial charge in [-0.15, -0.1) is 0 Å². The molecule has 0 aliphatic carbocycles. The maximum Gasteiger partial charge on any atom is 0.113 e. The number of halogens is 1. The number of pyridine rings is 1. The minimum Gasteiger partial charge on any atom is -0.394 e. The first-order chi connectivity index (χ1) is 7.65. The Bertz CT molecular complexity index is 376. The fraction of sp³-hybridized carbons (Fsp3) is 0.500. The highest BCUT2D eigenvalue weighted by Gasteiger charge is 2.43. The second kappa shape index (κ2) is 4.65. The second-order valence-corrected chi connectivity index (χ2v) is 4.06. The quantitative estimate of drug-likeness (QED) is 0.677. The van der Waals surface area contributed by atoms with Crippen molar-refractivity contribution in [2.45, 2.75) is 24.4 Å². The average molecular weight is 246 g/mol. The molecule has 6 heteroatoms. The number of aliphatic hydroxyl groups excluding tert-OH is 3. The van der Waals surface area contributed by atoms with E-state index < -0.39 is 24.4 Å². The molecule has 1 aliphatic rings. The summed E-state index contributed by atoms with van der Waals surface area (Å²) in [4.78, 5) is 3.82. The highest BCUT2D eigenvalue weighted by molar-refractivity contribution is 6.31. The van der Waals surface area contributed by atoms with Crippen molar-refractivity contribution in [1.29, 1.82) is 0 Å². The van der Waals surface area contributed by atoms with Gasteiger partial charge in [0, 0.05) is 18.0 Å². The van der Waals surface area contributed by atoms with Crippen LogP contribution in [-0.2, 0) is 4.74 Å². The normalized spacial score (nSPS) is 34.2. The van der Waals surface area contributed by atoms with Gasteiger partial charge in [0.1, 0.15) is 24.4 Å². The van der Waals surface area contributed by atoms with Crippen molar-refractivity contribution in [2.24, 2.45) is 0 Å². The van der Waals surface area contributed by atoms with Gasteiger partial charge in [0.15, 0.2) is 0 Å². The molecule has 0 aromatic carbocycles. The van der Waals surface area contributed by atoms with Gasteiger partial charge in [0.25, 0.3) is 0 Å². The predicted molar refractivity (Wildman–Crippen MR) is 56.0 cm³/mol. The van der Waals surface area contributed by atoms with Gasteiger partial charge in [-0.3, -0.25) is 4.98 Å². The van der Waals surface area contributed by atoms with Gasteiger partial charge >= 0.3 is 0 Å². The first-order valence-electron chi connectivity index (χ1n) is 4.87. The number of aliphatic hydroxyl groups is 3. The minimum atomic E-state index is -1.11. The van der Waals surface area contributed by atoms with E-state index in [2.05, 4.69) is 4.98 Å². The summed E-state index contributed by atoms with van der Waals surface area (Å²) < 4.78 is 5.34. The number of nitrogens with zero attached hydrogens (tertiary/aromatic N) is 1. The molecule has 0 spiro atoms. The first-order valence-corrected chi connectivity index (χ1v) is 5.24. The van der Waals surface area contributed by atoms with Gasteiger partial charge < -0.3 is 20.1 Å². The lowest BCUT2D eigenvalue weighted by atomic mass is 10.0. The maximum atomic E-state index is 9.77. The van der Waals surface area contributed by atoms with Crippen LogP contribution in [0.1, 0.15) is 11.7 Å². The molecule has 1 aromatic rings. The van der Waals surface area contributed by atoms with E-state index in [4.69, 9.17) is 21.4 Å². The Morgan fingerprint density at radius 2 is 2.12 bits per heavy atom. The van der Waals surface area contributed by atoms with Crippen molar-refractivity contribution >= 4 is 11.6 Å². The van der Waals surface area contributed by atoms with Gasteiger partial charge in [-0.05, 0) is 6.07 Å². The summed E-state index contributed by atoms with van der Waals surface area (Å²) in [6.07, 6.45) is -0.773. The van der Waals surface area contributed by atoms with Crippen LogP contribution in [-0.4, -0.2) is 45.2 Å². The Morgan fingerprint density at radius 1 is 1.38 bits per heavy atom. The van der Waals surface area contributed by atoms with E-state index in [0.29, 0.717) is 10.6 Å². The predicted octanol–water partition coefficient (Wildman–Crippen LogP) is -0.111. The summed E-state index contributed by atoms with van der Waals surface area (Å²) in [5.41, 5.74) is 0.555. The molecule has 88 valence electrons. The van der Waals surface area contributed by atoms with Crippen LogP contribution in [0.3, 0.4) is 0 Å². The molecule has 5 nitrogen and oxygen atoms in total. The Morgan fingerprint density at radius 3 is 2.69 bits per heavy atom. The van der Waals surface area contributed by atoms with E-state index in [1.54, 1.807) is 6.07 Å². The van der Waals surface area contributed by atoms with Crippen LogP contribution in [0.4, 0.5) is 0 Å². The lowest BCUT2D eigenvalue weighted by molar-refractivity contribution is -0.0227. The SMILES string of the molecule is OC[C@H]1O[C@@H](c2ccncc2Cl)[C@H](O)[C@@H]1O. The lowest BCUT2D eigenvalue weighted by Crippen LogP contribution is -2.32. The zero-order chi connectivity index (χ0) is 11.7. The number of hydrogen-bond donors (Lipinski definition) is 3. The second-order valence-electron chi connectivity index (χ2n) is 3.66. The number of hydrogen-bond acceptors (Lipinski definition) is 5. The van der Waals surface area contributed by atoms with Gasteiger partial charge in [-0.2, -0.15) is 0 Å². The summed E-state index contributed by atoms with van der Waals surface area (Å²) in [7, 11) is 0. The van der Waals surface area contributed by atoms with Gasteiger partial charge in [-0.1, -0.05) is 11.6 Å². The van der Waals surface area contributed by atoms with E-state index >= 15 is 0 Å². The van der Waals surface area contributed by atoms with Crippen molar-refractivity contribution in [3.8, 4) is 0 Å². The van der Waals surface area contributed by atoms with Crippen molar-refractivity contribution < 1.29 is 20.1 Å². The Labute approximate surface area is 97.3 Å². The van der Waals surface area contributed by atoms with Gasteiger partial charge in [-0.25, -0.2) is 0 Å². The third kappa shape index (κ3) is 1.92. The minimum absolute atomic E-state index is 0.350. The van der Waals surface area contributed by atoms with E-state index in [0.717, 1.165) is 0 Å². The van der Waals surface area contributed by atoms with Gasteiger partial charge in [0.2, 0.25) is 0 Å². The highest BCUT2D eigenvalue weighted by atomic mass is 35.5. The molecule has 0 bridgehead atoms. The Hall–Kier alpha value is -0.720. The molecule has 4 atom stereocenters. The Kier molecular flexibility index (Phi) is 3.41. The monoisotopic (exact) mass is 245 g/mol. The van der Waals surface area contributed by atoms with Crippen LogP contribution in [0.15, 0.2) is 18.5 Å². The molecule has 0 amide bonds. The summed E-state index contributed by atoms with van der Waals surface area (Å²) >= 11 is 5.91. The molecule has 3 N–H and O–H groups in total. The largest absolute Gasteiger partial charge is 0.394 e. The van der Waals surface area contributed by atoms with Crippen LogP contribution in [0.2, 0.25) is 5.02 Å². The third-order valence-corrected chi connectivity index (χ3v) is 2.97. The molecule has 0 unspecified atom stereocenters. The van der Waals surface area contributed by atoms with Gasteiger partial charge in [0.05, 0.1) is 11.6 Å². The molecule has 0 saturated carbocycles. The summed E-state index contributed by atoms with van der Waals surface area (Å²) in [5, 5.41) is 28.7. The number of aromatic nitrogens is 1. The molecule has 1 saturated heterocycles. The third-order valence-electron chi connectivity index (χ3n) is 2.65. The van der Waals surface area contributed by atoms with Crippen molar-refractivity contribution in [3.05, 3.63) is 29.0 Å². The standard InChI is InChI=1S/C10H12ClNO4/c11-6-3-12-2-1-5(6)10-9(15)8(14)7(4-13)16-10/h1-3,7-10,13-15H,4H2/t7-,8-,9-,10+/m1/s1. The molecule has 2 rings (SSSR count). The molecule has 1 aromatic heterocycles. The van der Waals surface area contributed by atoms with Crippen LogP contribution >= 0.6 is 11.6 Å². The topological polar surface area (TPSA) is 82.8 Å². The fourth-order valence-electron chi connectivity index (χ4n) is 1.77. The average Bonchev–Trinajstić information content (AvgIpc) is 2.57. The van der Waals surface area contributed by atoms with Crippen molar-refractivity contribution in [3.63, 3.8) is 0 Å². The highest BCUT2D eigenvalue weighted by Crippen LogP contribution is 2.36. The molecule has 0 radical (unpaired) electrons. The summed E-state index contributed by atoms with van der Waals surface area (Å²) in [6.45, 7) is -0.350. The van der Waals surface area contributed by atoms with Crippen LogP contribution in [0.25, 0.3) is 0 Å². The van der Waals surface area contributed by atoms with Crippen LogP contribution in [0, 0.1) is 0 Å². The van der Waals surface area contributed by atoms with E-state index in [1.165, 1.54) is 12.4 Å². The summed E-state index contributed by atoms with van der Waals surface area (Å²) in [6, 6.07) is 1.61. The maximum absolute atomic E-state index is 9.77. The molecule has 2 heterocycles. The first kappa shape index (κ1) is 11.8. The zero-order valence-corrected chi connectivity index (χ0v) is 9.08. The van der Waals surface area contributed by atoms with E-state index in [9.17, 15) is 10.2 Å². The lowest BCUT2D eigenvalue weighted by Gasteiger charge is -2.15. The van der Waals surface area contributed by atoms with E-state index in [1.807, 2.05) is 0 Å². The van der Waals surface area contributed by atoms with E-state index in [-0.39, 0.29) is 6.61 Å². The molecule has 16 heavy (non-hydrogen) atoms.